The third-order valence-corrected chi connectivity index (χ3v) is 3.99. The Morgan fingerprint density at radius 1 is 1.33 bits per heavy atom. The molecule has 120 valence electrons. The lowest BCUT2D eigenvalue weighted by atomic mass is 9.93. The van der Waals surface area contributed by atoms with Crippen molar-refractivity contribution >= 4 is 29.9 Å². The third-order valence-electron chi connectivity index (χ3n) is 3.74. The summed E-state index contributed by atoms with van der Waals surface area (Å²) in [5.74, 6) is 0.0797. The molecule has 0 fully saturated rings. The normalized spacial score (nSPS) is 14.8. The molecule has 0 aliphatic rings. The van der Waals surface area contributed by atoms with Crippen molar-refractivity contribution in [1.82, 2.24) is 4.90 Å². The Balaban J connectivity index is 0.00000400. The van der Waals surface area contributed by atoms with Crippen molar-refractivity contribution in [2.24, 2.45) is 5.73 Å². The van der Waals surface area contributed by atoms with E-state index < -0.39 is 6.04 Å². The van der Waals surface area contributed by atoms with E-state index in [1.165, 1.54) is 7.11 Å². The molecule has 0 spiro atoms. The van der Waals surface area contributed by atoms with Gasteiger partial charge in [0.15, 0.2) is 0 Å². The van der Waals surface area contributed by atoms with Crippen LogP contribution in [0.15, 0.2) is 24.3 Å². The molecule has 4 nitrogen and oxygen atoms in total. The van der Waals surface area contributed by atoms with Gasteiger partial charge in [0, 0.05) is 31.1 Å². The van der Waals surface area contributed by atoms with Crippen molar-refractivity contribution in [2.45, 2.75) is 31.8 Å². The molecule has 0 bridgehead atoms. The Morgan fingerprint density at radius 3 is 2.33 bits per heavy atom. The second kappa shape index (κ2) is 9.26. The zero-order chi connectivity index (χ0) is 15.3. The topological polar surface area (TPSA) is 55.6 Å². The summed E-state index contributed by atoms with van der Waals surface area (Å²) < 4.78 is 4.93. The van der Waals surface area contributed by atoms with Crippen LogP contribution in [0.25, 0.3) is 0 Å². The molecule has 3 unspecified atom stereocenters. The number of rotatable bonds is 6. The number of ether oxygens (including phenoxy) is 1. The van der Waals surface area contributed by atoms with Crippen LogP contribution >= 0.6 is 24.0 Å². The second-order valence-corrected chi connectivity index (χ2v) is 5.53. The molecule has 0 aromatic heterocycles. The number of hydrogen-bond donors (Lipinski definition) is 1. The van der Waals surface area contributed by atoms with Crippen molar-refractivity contribution < 1.29 is 9.53 Å². The van der Waals surface area contributed by atoms with Gasteiger partial charge in [0.2, 0.25) is 5.91 Å². The van der Waals surface area contributed by atoms with E-state index >= 15 is 0 Å². The van der Waals surface area contributed by atoms with Gasteiger partial charge >= 0.3 is 0 Å². The molecule has 1 aromatic rings. The van der Waals surface area contributed by atoms with Crippen LogP contribution in [0.5, 0.6) is 0 Å². The summed E-state index contributed by atoms with van der Waals surface area (Å²) in [6.45, 7) is 4.32. The fourth-order valence-electron chi connectivity index (χ4n) is 2.09. The van der Waals surface area contributed by atoms with Gasteiger partial charge in [-0.3, -0.25) is 4.79 Å². The quantitative estimate of drug-likeness (QED) is 0.870. The maximum atomic E-state index is 12.2. The molecule has 21 heavy (non-hydrogen) atoms. The summed E-state index contributed by atoms with van der Waals surface area (Å²) in [5, 5.41) is 0.708. The summed E-state index contributed by atoms with van der Waals surface area (Å²) in [5.41, 5.74) is 6.93. The van der Waals surface area contributed by atoms with E-state index in [1.807, 2.05) is 31.2 Å². The van der Waals surface area contributed by atoms with E-state index in [2.05, 4.69) is 6.92 Å². The number of nitrogens with zero attached hydrogens (tertiary/aromatic N) is 1. The number of methoxy groups -OCH3 is 1. The fraction of sp³-hybridized carbons (Fsp3) is 0.533. The van der Waals surface area contributed by atoms with Crippen molar-refractivity contribution in [2.75, 3.05) is 20.8 Å². The van der Waals surface area contributed by atoms with Gasteiger partial charge in [0.1, 0.15) is 6.04 Å². The Hall–Kier alpha value is -0.810. The highest BCUT2D eigenvalue weighted by atomic mass is 35.5. The average Bonchev–Trinajstić information content (AvgIpc) is 2.45. The first-order valence-electron chi connectivity index (χ1n) is 6.65. The zero-order valence-corrected chi connectivity index (χ0v) is 14.4. The molecule has 0 saturated carbocycles. The first-order valence-corrected chi connectivity index (χ1v) is 7.03. The Kier molecular flexibility index (Phi) is 8.90. The van der Waals surface area contributed by atoms with E-state index in [-0.39, 0.29) is 36.9 Å². The standard InChI is InChI=1S/C15H23ClN2O2.ClH/c1-10(12-5-7-13(16)8-6-12)11(2)18(3)15(19)14(17)9-20-4;/h5-8,10-11,14H,9,17H2,1-4H3;1H. The zero-order valence-electron chi connectivity index (χ0n) is 12.9. The lowest BCUT2D eigenvalue weighted by Crippen LogP contribution is -2.48. The minimum absolute atomic E-state index is 0. The summed E-state index contributed by atoms with van der Waals surface area (Å²) in [6.07, 6.45) is 0. The van der Waals surface area contributed by atoms with E-state index in [1.54, 1.807) is 11.9 Å². The molecule has 0 heterocycles. The molecule has 6 heteroatoms. The number of nitrogens with two attached hydrogens (primary N) is 1. The molecule has 0 aliphatic carbocycles. The highest BCUT2D eigenvalue weighted by Crippen LogP contribution is 2.24. The van der Waals surface area contributed by atoms with E-state index in [9.17, 15) is 4.79 Å². The largest absolute Gasteiger partial charge is 0.383 e. The molecule has 0 saturated heterocycles. The van der Waals surface area contributed by atoms with Gasteiger partial charge < -0.3 is 15.4 Å². The predicted octanol–water partition coefficient (Wildman–Crippen LogP) is 2.69. The number of likely N-dealkylation sites (N-methyl/N-ethyl adjacent to an activating group) is 1. The van der Waals surface area contributed by atoms with Gasteiger partial charge in [0.25, 0.3) is 0 Å². The van der Waals surface area contributed by atoms with Gasteiger partial charge in [-0.25, -0.2) is 0 Å². The van der Waals surface area contributed by atoms with Crippen LogP contribution in [0.4, 0.5) is 0 Å². The minimum atomic E-state index is -0.620. The number of benzene rings is 1. The van der Waals surface area contributed by atoms with Crippen LogP contribution in [-0.4, -0.2) is 43.7 Å². The maximum Gasteiger partial charge on any atom is 0.241 e. The molecule has 2 N–H and O–H groups in total. The lowest BCUT2D eigenvalue weighted by molar-refractivity contribution is -0.134. The first-order chi connectivity index (χ1) is 9.38. The summed E-state index contributed by atoms with van der Waals surface area (Å²) in [4.78, 5) is 13.8. The van der Waals surface area contributed by atoms with Crippen molar-refractivity contribution in [3.63, 3.8) is 0 Å². The van der Waals surface area contributed by atoms with Crippen LogP contribution in [-0.2, 0) is 9.53 Å². The van der Waals surface area contributed by atoms with Crippen LogP contribution in [0.3, 0.4) is 0 Å². The van der Waals surface area contributed by atoms with Crippen LogP contribution in [0, 0.1) is 0 Å². The van der Waals surface area contributed by atoms with Crippen molar-refractivity contribution in [3.8, 4) is 0 Å². The molecule has 3 atom stereocenters. The SMILES string of the molecule is COCC(N)C(=O)N(C)C(C)C(C)c1ccc(Cl)cc1.Cl. The first kappa shape index (κ1) is 20.2. The monoisotopic (exact) mass is 334 g/mol. The number of hydrogen-bond acceptors (Lipinski definition) is 3. The summed E-state index contributed by atoms with van der Waals surface area (Å²) in [7, 11) is 3.31. The van der Waals surface area contributed by atoms with Gasteiger partial charge in [0.05, 0.1) is 6.61 Å². The molecular weight excluding hydrogens is 311 g/mol. The lowest BCUT2D eigenvalue weighted by Gasteiger charge is -2.32. The Labute approximate surface area is 138 Å². The van der Waals surface area contributed by atoms with Crippen LogP contribution in [0.1, 0.15) is 25.3 Å². The van der Waals surface area contributed by atoms with E-state index in [0.717, 1.165) is 5.56 Å². The van der Waals surface area contributed by atoms with Crippen molar-refractivity contribution in [3.05, 3.63) is 34.9 Å². The number of carbonyl (C=O) groups excluding carboxylic acids is 1. The molecule has 1 aromatic carbocycles. The maximum absolute atomic E-state index is 12.2. The van der Waals surface area contributed by atoms with Crippen LogP contribution in [0.2, 0.25) is 5.02 Å². The molecule has 1 rings (SSSR count). The highest BCUT2D eigenvalue weighted by molar-refractivity contribution is 6.30. The molecule has 0 aliphatic heterocycles. The van der Waals surface area contributed by atoms with E-state index in [0.29, 0.717) is 5.02 Å². The van der Waals surface area contributed by atoms with Gasteiger partial charge in [-0.2, -0.15) is 0 Å². The molecule has 1 amide bonds. The second-order valence-electron chi connectivity index (χ2n) is 5.09. The predicted molar refractivity (Wildman–Crippen MR) is 89.2 cm³/mol. The van der Waals surface area contributed by atoms with E-state index in [4.69, 9.17) is 22.1 Å². The van der Waals surface area contributed by atoms with Gasteiger partial charge in [-0.1, -0.05) is 30.7 Å². The highest BCUT2D eigenvalue weighted by Gasteiger charge is 2.26. The third kappa shape index (κ3) is 5.47. The Bertz CT molecular complexity index is 440. The minimum Gasteiger partial charge on any atom is -0.383 e. The Morgan fingerprint density at radius 2 is 1.86 bits per heavy atom. The van der Waals surface area contributed by atoms with Crippen molar-refractivity contribution in [1.29, 1.82) is 0 Å². The van der Waals surface area contributed by atoms with Crippen LogP contribution < -0.4 is 5.73 Å². The number of carbonyl (C=O) groups is 1. The van der Waals surface area contributed by atoms with Gasteiger partial charge in [-0.05, 0) is 24.6 Å². The fourth-order valence-corrected chi connectivity index (χ4v) is 2.22. The number of amides is 1. The summed E-state index contributed by atoms with van der Waals surface area (Å²) in [6, 6.07) is 7.10. The smallest absolute Gasteiger partial charge is 0.241 e. The van der Waals surface area contributed by atoms with Gasteiger partial charge in [-0.15, -0.1) is 12.4 Å². The summed E-state index contributed by atoms with van der Waals surface area (Å²) >= 11 is 5.89. The average molecular weight is 335 g/mol. The number of halogens is 2. The molecular formula is C15H24Cl2N2O2. The molecule has 0 radical (unpaired) electrons.